The van der Waals surface area contributed by atoms with Gasteiger partial charge >= 0.3 is 5.69 Å². The number of benzene rings is 1. The zero-order chi connectivity index (χ0) is 21.3. The highest BCUT2D eigenvalue weighted by Crippen LogP contribution is 2.24. The van der Waals surface area contributed by atoms with E-state index < -0.39 is 0 Å². The van der Waals surface area contributed by atoms with Crippen molar-refractivity contribution in [2.75, 3.05) is 5.32 Å². The zero-order valence-electron chi connectivity index (χ0n) is 17.5. The standard InChI is InChI=1S/C22H28FN5O2/c1-3-26-19-18(20(29)27(4-2)22(26)30)28(14-15-10-8-9-13-17(15)23)21(25-19)24-16-11-6-5-7-12-16/h8-10,13,16H,3-7,11-12,14H2,1-2H3,(H,24,25). The van der Waals surface area contributed by atoms with E-state index in [2.05, 4.69) is 10.3 Å². The van der Waals surface area contributed by atoms with Crippen molar-refractivity contribution < 1.29 is 4.39 Å². The van der Waals surface area contributed by atoms with Crippen molar-refractivity contribution in [3.63, 3.8) is 0 Å². The minimum absolute atomic E-state index is 0.166. The first kappa shape index (κ1) is 20.4. The molecule has 2 heterocycles. The van der Waals surface area contributed by atoms with Gasteiger partial charge in [0.25, 0.3) is 5.56 Å². The largest absolute Gasteiger partial charge is 0.353 e. The van der Waals surface area contributed by atoms with Crippen molar-refractivity contribution in [2.24, 2.45) is 0 Å². The summed E-state index contributed by atoms with van der Waals surface area (Å²) in [6.07, 6.45) is 5.58. The highest BCUT2D eigenvalue weighted by molar-refractivity contribution is 5.74. The Hall–Kier alpha value is -2.90. The third kappa shape index (κ3) is 3.55. The third-order valence-corrected chi connectivity index (χ3v) is 5.97. The molecule has 2 aromatic heterocycles. The van der Waals surface area contributed by atoms with Gasteiger partial charge in [-0.3, -0.25) is 18.5 Å². The monoisotopic (exact) mass is 413 g/mol. The molecule has 1 saturated carbocycles. The van der Waals surface area contributed by atoms with Crippen LogP contribution >= 0.6 is 0 Å². The fourth-order valence-electron chi connectivity index (χ4n) is 4.35. The fraction of sp³-hybridized carbons (Fsp3) is 0.500. The molecule has 4 rings (SSSR count). The number of hydrogen-bond donors (Lipinski definition) is 1. The minimum atomic E-state index is -0.386. The van der Waals surface area contributed by atoms with E-state index in [-0.39, 0.29) is 36.2 Å². The Morgan fingerprint density at radius 3 is 2.40 bits per heavy atom. The molecule has 0 unspecified atom stereocenters. The molecule has 1 aliphatic rings. The highest BCUT2D eigenvalue weighted by Gasteiger charge is 2.23. The number of nitrogens with zero attached hydrogens (tertiary/aromatic N) is 4. The quantitative estimate of drug-likeness (QED) is 0.673. The average molecular weight is 413 g/mol. The van der Waals surface area contributed by atoms with Gasteiger partial charge in [0.05, 0.1) is 6.54 Å². The van der Waals surface area contributed by atoms with E-state index in [9.17, 15) is 14.0 Å². The fourth-order valence-corrected chi connectivity index (χ4v) is 4.35. The van der Waals surface area contributed by atoms with Crippen molar-refractivity contribution in [1.29, 1.82) is 0 Å². The number of anilines is 1. The Balaban J connectivity index is 1.94. The van der Waals surface area contributed by atoms with E-state index in [1.54, 1.807) is 29.7 Å². The smallest absolute Gasteiger partial charge is 0.332 e. The van der Waals surface area contributed by atoms with E-state index in [1.165, 1.54) is 21.6 Å². The van der Waals surface area contributed by atoms with E-state index >= 15 is 0 Å². The molecule has 0 aliphatic heterocycles. The molecule has 3 aromatic rings. The molecule has 0 atom stereocenters. The maximum absolute atomic E-state index is 14.4. The topological polar surface area (TPSA) is 73.8 Å². The maximum atomic E-state index is 14.4. The lowest BCUT2D eigenvalue weighted by Crippen LogP contribution is -2.40. The van der Waals surface area contributed by atoms with Crippen LogP contribution in [0.2, 0.25) is 0 Å². The second-order valence-corrected chi connectivity index (χ2v) is 7.84. The zero-order valence-corrected chi connectivity index (χ0v) is 17.5. The van der Waals surface area contributed by atoms with E-state index in [0.29, 0.717) is 29.2 Å². The first-order chi connectivity index (χ1) is 14.5. The summed E-state index contributed by atoms with van der Waals surface area (Å²) < 4.78 is 18.9. The van der Waals surface area contributed by atoms with E-state index in [1.807, 2.05) is 6.92 Å². The Bertz CT molecular complexity index is 1170. The van der Waals surface area contributed by atoms with E-state index in [4.69, 9.17) is 0 Å². The first-order valence-corrected chi connectivity index (χ1v) is 10.8. The van der Waals surface area contributed by atoms with Crippen LogP contribution in [0.5, 0.6) is 0 Å². The van der Waals surface area contributed by atoms with Gasteiger partial charge in [-0.15, -0.1) is 0 Å². The lowest BCUT2D eigenvalue weighted by molar-refractivity contribution is 0.459. The van der Waals surface area contributed by atoms with Gasteiger partial charge in [0.15, 0.2) is 11.2 Å². The van der Waals surface area contributed by atoms with Crippen LogP contribution in [0.4, 0.5) is 10.3 Å². The number of nitrogens with one attached hydrogen (secondary N) is 1. The van der Waals surface area contributed by atoms with Crippen LogP contribution in [0.1, 0.15) is 51.5 Å². The van der Waals surface area contributed by atoms with Crippen LogP contribution in [0.3, 0.4) is 0 Å². The van der Waals surface area contributed by atoms with Crippen molar-refractivity contribution in [1.82, 2.24) is 18.7 Å². The van der Waals surface area contributed by atoms with Crippen molar-refractivity contribution in [2.45, 2.75) is 71.6 Å². The van der Waals surface area contributed by atoms with Crippen molar-refractivity contribution >= 4 is 17.1 Å². The summed E-state index contributed by atoms with van der Waals surface area (Å²) in [5.41, 5.74) is 0.409. The summed E-state index contributed by atoms with van der Waals surface area (Å²) in [6, 6.07) is 6.79. The average Bonchev–Trinajstić information content (AvgIpc) is 3.09. The number of rotatable bonds is 6. The van der Waals surface area contributed by atoms with Gasteiger partial charge < -0.3 is 5.32 Å². The molecular weight excluding hydrogens is 385 g/mol. The van der Waals surface area contributed by atoms with Gasteiger partial charge in [-0.1, -0.05) is 37.5 Å². The Morgan fingerprint density at radius 1 is 1.03 bits per heavy atom. The SMILES string of the molecule is CCn1c(=O)c2c(nc(NC3CCCCC3)n2Cc2ccccc2F)n(CC)c1=O. The molecular formula is C22H28FN5O2. The van der Waals surface area contributed by atoms with Crippen LogP contribution in [-0.2, 0) is 19.6 Å². The molecule has 30 heavy (non-hydrogen) atoms. The summed E-state index contributed by atoms with van der Waals surface area (Å²) in [7, 11) is 0. The third-order valence-electron chi connectivity index (χ3n) is 5.97. The molecule has 1 N–H and O–H groups in total. The summed E-state index contributed by atoms with van der Waals surface area (Å²) in [6.45, 7) is 4.46. The predicted molar refractivity (Wildman–Crippen MR) is 116 cm³/mol. The second kappa shape index (κ2) is 8.45. The number of imidazole rings is 1. The molecule has 1 aromatic carbocycles. The Labute approximate surface area is 174 Å². The highest BCUT2D eigenvalue weighted by atomic mass is 19.1. The van der Waals surface area contributed by atoms with Crippen molar-refractivity contribution in [3.8, 4) is 0 Å². The van der Waals surface area contributed by atoms with Gasteiger partial charge in [-0.25, -0.2) is 9.18 Å². The molecule has 0 radical (unpaired) electrons. The van der Waals surface area contributed by atoms with Crippen molar-refractivity contribution in [3.05, 3.63) is 56.5 Å². The maximum Gasteiger partial charge on any atom is 0.332 e. The number of aromatic nitrogens is 4. The van der Waals surface area contributed by atoms with Gasteiger partial charge in [-0.05, 0) is 32.8 Å². The van der Waals surface area contributed by atoms with Crippen LogP contribution < -0.4 is 16.6 Å². The van der Waals surface area contributed by atoms with Gasteiger partial charge in [0.2, 0.25) is 5.95 Å². The normalized spacial score (nSPS) is 15.0. The van der Waals surface area contributed by atoms with Crippen LogP contribution in [0.25, 0.3) is 11.2 Å². The van der Waals surface area contributed by atoms with Gasteiger partial charge in [-0.2, -0.15) is 4.98 Å². The molecule has 8 heteroatoms. The number of halogens is 1. The van der Waals surface area contributed by atoms with Crippen LogP contribution in [0.15, 0.2) is 33.9 Å². The molecule has 0 amide bonds. The second-order valence-electron chi connectivity index (χ2n) is 7.84. The molecule has 1 aliphatic carbocycles. The molecule has 0 spiro atoms. The lowest BCUT2D eigenvalue weighted by Gasteiger charge is -2.23. The van der Waals surface area contributed by atoms with Gasteiger partial charge in [0, 0.05) is 24.7 Å². The molecule has 0 bridgehead atoms. The molecule has 1 fully saturated rings. The minimum Gasteiger partial charge on any atom is -0.353 e. The summed E-state index contributed by atoms with van der Waals surface area (Å²) in [4.78, 5) is 30.7. The summed E-state index contributed by atoms with van der Waals surface area (Å²) in [5.74, 6) is 0.190. The predicted octanol–water partition coefficient (Wildman–Crippen LogP) is 3.33. The van der Waals surface area contributed by atoms with Crippen LogP contribution in [-0.4, -0.2) is 24.7 Å². The number of aryl methyl sites for hydroxylation is 1. The lowest BCUT2D eigenvalue weighted by atomic mass is 9.96. The number of fused-ring (bicyclic) bond motifs is 1. The summed E-state index contributed by atoms with van der Waals surface area (Å²) in [5, 5.41) is 3.48. The van der Waals surface area contributed by atoms with Crippen LogP contribution in [0, 0.1) is 5.82 Å². The van der Waals surface area contributed by atoms with Gasteiger partial charge in [0.1, 0.15) is 5.82 Å². The molecule has 160 valence electrons. The number of hydrogen-bond acceptors (Lipinski definition) is 4. The molecule has 0 saturated heterocycles. The first-order valence-electron chi connectivity index (χ1n) is 10.8. The molecule has 7 nitrogen and oxygen atoms in total. The Morgan fingerprint density at radius 2 is 1.73 bits per heavy atom. The Kier molecular flexibility index (Phi) is 5.74. The van der Waals surface area contributed by atoms with E-state index in [0.717, 1.165) is 25.7 Å². The summed E-state index contributed by atoms with van der Waals surface area (Å²) >= 11 is 0.